The minimum absolute atomic E-state index is 0.0808. The molecule has 4 fully saturated rings. The first kappa shape index (κ1) is 21.6. The first-order valence-electron chi connectivity index (χ1n) is 12.7. The van der Waals surface area contributed by atoms with Crippen molar-refractivity contribution >= 4 is 5.91 Å². The first-order valence-corrected chi connectivity index (χ1v) is 12.7. The van der Waals surface area contributed by atoms with Gasteiger partial charge in [-0.25, -0.2) is 0 Å². The Kier molecular flexibility index (Phi) is 6.05. The fourth-order valence-corrected chi connectivity index (χ4v) is 7.29. The lowest BCUT2D eigenvalue weighted by atomic mass is 9.47. The summed E-state index contributed by atoms with van der Waals surface area (Å²) in [5, 5.41) is 3.37. The summed E-state index contributed by atoms with van der Waals surface area (Å²) in [5.41, 5.74) is 1.63. The zero-order valence-electron chi connectivity index (χ0n) is 19.6. The fraction of sp³-hybridized carbons (Fsp3) is 0.607. The molecular formula is C28H37NO3. The smallest absolute Gasteiger partial charge is 0.287 e. The summed E-state index contributed by atoms with van der Waals surface area (Å²) >= 11 is 0. The molecule has 6 rings (SSSR count). The van der Waals surface area contributed by atoms with Gasteiger partial charge in [0, 0.05) is 6.04 Å². The summed E-state index contributed by atoms with van der Waals surface area (Å²) in [6, 6.07) is 12.1. The van der Waals surface area contributed by atoms with Crippen molar-refractivity contribution in [2.75, 3.05) is 0 Å². The van der Waals surface area contributed by atoms with Crippen molar-refractivity contribution in [1.29, 1.82) is 0 Å². The number of hydrogen-bond donors (Lipinski definition) is 1. The molecule has 0 radical (unpaired) electrons. The van der Waals surface area contributed by atoms with Crippen LogP contribution in [0.1, 0.15) is 87.1 Å². The molecule has 1 N–H and O–H groups in total. The zero-order chi connectivity index (χ0) is 22.1. The Morgan fingerprint density at radius 2 is 1.69 bits per heavy atom. The van der Waals surface area contributed by atoms with Crippen LogP contribution < -0.4 is 10.1 Å². The molecule has 0 saturated heterocycles. The van der Waals surface area contributed by atoms with Gasteiger partial charge < -0.3 is 14.5 Å². The summed E-state index contributed by atoms with van der Waals surface area (Å²) in [6.45, 7) is 4.73. The number of hydrogen-bond acceptors (Lipinski definition) is 3. The molecule has 1 amide bonds. The minimum Gasteiger partial charge on any atom is -0.486 e. The first-order chi connectivity index (χ1) is 15.6. The van der Waals surface area contributed by atoms with Crippen LogP contribution in [-0.4, -0.2) is 11.9 Å². The quantitative estimate of drug-likeness (QED) is 0.487. The van der Waals surface area contributed by atoms with Crippen LogP contribution in [0.2, 0.25) is 0 Å². The van der Waals surface area contributed by atoms with Crippen molar-refractivity contribution in [3.05, 3.63) is 53.5 Å². The molecule has 4 heteroatoms. The van der Waals surface area contributed by atoms with Gasteiger partial charge in [-0.3, -0.25) is 4.79 Å². The predicted molar refractivity (Wildman–Crippen MR) is 126 cm³/mol. The molecule has 0 spiro atoms. The number of carbonyl (C=O) groups excluding carboxylic acids is 1. The summed E-state index contributed by atoms with van der Waals surface area (Å²) in [4.78, 5) is 13.0. The molecule has 32 heavy (non-hydrogen) atoms. The molecule has 4 aliphatic rings. The highest BCUT2D eigenvalue weighted by atomic mass is 16.5. The molecule has 4 nitrogen and oxygen atoms in total. The van der Waals surface area contributed by atoms with Crippen LogP contribution in [0.3, 0.4) is 0 Å². The van der Waals surface area contributed by atoms with E-state index in [9.17, 15) is 4.79 Å². The van der Waals surface area contributed by atoms with Gasteiger partial charge in [-0.2, -0.15) is 0 Å². The van der Waals surface area contributed by atoms with Crippen LogP contribution in [0.4, 0.5) is 0 Å². The largest absolute Gasteiger partial charge is 0.486 e. The molecule has 4 aliphatic carbocycles. The molecule has 1 heterocycles. The minimum atomic E-state index is -0.0808. The molecule has 2 aromatic rings. The molecule has 4 saturated carbocycles. The number of amides is 1. The average Bonchev–Trinajstić information content (AvgIpc) is 3.25. The van der Waals surface area contributed by atoms with E-state index in [1.165, 1.54) is 44.1 Å². The predicted octanol–water partition coefficient (Wildman–Crippen LogP) is 6.54. The van der Waals surface area contributed by atoms with Crippen LogP contribution >= 0.6 is 0 Å². The van der Waals surface area contributed by atoms with Crippen molar-refractivity contribution in [1.82, 2.24) is 5.32 Å². The van der Waals surface area contributed by atoms with Gasteiger partial charge >= 0.3 is 0 Å². The fourth-order valence-electron chi connectivity index (χ4n) is 7.29. The number of ether oxygens (including phenoxy) is 1. The summed E-state index contributed by atoms with van der Waals surface area (Å²) < 4.78 is 11.7. The number of rotatable bonds is 9. The van der Waals surface area contributed by atoms with Crippen molar-refractivity contribution in [2.24, 2.45) is 23.2 Å². The maximum atomic E-state index is 13.0. The Balaban J connectivity index is 1.19. The molecule has 1 aromatic heterocycles. The molecule has 1 aromatic carbocycles. The number of furan rings is 1. The third kappa shape index (κ3) is 4.33. The highest BCUT2D eigenvalue weighted by Crippen LogP contribution is 2.61. The topological polar surface area (TPSA) is 51.5 Å². The number of nitrogens with one attached hydrogen (secondary N) is 1. The maximum absolute atomic E-state index is 13.0. The highest BCUT2D eigenvalue weighted by molar-refractivity contribution is 5.91. The lowest BCUT2D eigenvalue weighted by Crippen LogP contribution is -2.56. The van der Waals surface area contributed by atoms with Gasteiger partial charge in [-0.15, -0.1) is 0 Å². The standard InChI is InChI=1S/C28H37NO3/c1-3-5-19-6-8-23(9-7-19)31-18-24-10-11-25(32-24)27(30)29-26(4-2)28-15-20-12-21(16-28)14-22(13-20)17-28/h6-11,20-22,26H,3-5,12-18H2,1-2H3,(H,29,30). The molecule has 4 bridgehead atoms. The van der Waals surface area contributed by atoms with Gasteiger partial charge in [-0.05, 0) is 104 Å². The molecule has 0 aliphatic heterocycles. The second-order valence-corrected chi connectivity index (χ2v) is 10.7. The van der Waals surface area contributed by atoms with Crippen LogP contribution in [0.5, 0.6) is 5.75 Å². The monoisotopic (exact) mass is 435 g/mol. The number of carbonyl (C=O) groups is 1. The molecule has 172 valence electrons. The Morgan fingerprint density at radius 3 is 2.28 bits per heavy atom. The van der Waals surface area contributed by atoms with Crippen LogP contribution in [0.15, 0.2) is 40.8 Å². The van der Waals surface area contributed by atoms with E-state index in [0.717, 1.165) is 42.8 Å². The Hall–Kier alpha value is -2.23. The Labute approximate surface area is 192 Å². The second kappa shape index (κ2) is 8.96. The lowest BCUT2D eigenvalue weighted by molar-refractivity contribution is -0.0728. The Bertz CT molecular complexity index is 893. The van der Waals surface area contributed by atoms with Gasteiger partial charge in [0.15, 0.2) is 5.76 Å². The average molecular weight is 436 g/mol. The van der Waals surface area contributed by atoms with Crippen LogP contribution in [-0.2, 0) is 13.0 Å². The van der Waals surface area contributed by atoms with Crippen molar-refractivity contribution in [3.63, 3.8) is 0 Å². The zero-order valence-corrected chi connectivity index (χ0v) is 19.6. The summed E-state index contributed by atoms with van der Waals surface area (Å²) in [7, 11) is 0. The van der Waals surface area contributed by atoms with Crippen LogP contribution in [0.25, 0.3) is 0 Å². The van der Waals surface area contributed by atoms with E-state index in [1.807, 2.05) is 18.2 Å². The van der Waals surface area contributed by atoms with Crippen molar-refractivity contribution < 1.29 is 13.9 Å². The highest BCUT2D eigenvalue weighted by Gasteiger charge is 2.54. The van der Waals surface area contributed by atoms with Gasteiger partial charge in [0.1, 0.15) is 18.1 Å². The third-order valence-electron chi connectivity index (χ3n) is 8.27. The van der Waals surface area contributed by atoms with E-state index in [-0.39, 0.29) is 11.9 Å². The normalized spacial score (nSPS) is 29.1. The van der Waals surface area contributed by atoms with E-state index in [2.05, 4.69) is 31.3 Å². The number of benzene rings is 1. The van der Waals surface area contributed by atoms with Crippen molar-refractivity contribution in [3.8, 4) is 5.75 Å². The van der Waals surface area contributed by atoms with Crippen molar-refractivity contribution in [2.45, 2.75) is 84.3 Å². The SMILES string of the molecule is CCCc1ccc(OCc2ccc(C(=O)NC(CC)C34CC5CC(CC(C5)C3)C4)o2)cc1. The second-order valence-electron chi connectivity index (χ2n) is 10.7. The van der Waals surface area contributed by atoms with E-state index in [0.29, 0.717) is 23.5 Å². The third-order valence-corrected chi connectivity index (χ3v) is 8.27. The molecule has 1 atom stereocenters. The van der Waals surface area contributed by atoms with E-state index in [1.54, 1.807) is 6.07 Å². The summed E-state index contributed by atoms with van der Waals surface area (Å²) in [6.07, 6.45) is 11.4. The lowest BCUT2D eigenvalue weighted by Gasteiger charge is -2.59. The maximum Gasteiger partial charge on any atom is 0.287 e. The molecule has 1 unspecified atom stereocenters. The summed E-state index contributed by atoms with van der Waals surface area (Å²) in [5.74, 6) is 4.46. The van der Waals surface area contributed by atoms with Gasteiger partial charge in [-0.1, -0.05) is 32.4 Å². The van der Waals surface area contributed by atoms with E-state index in [4.69, 9.17) is 9.15 Å². The Morgan fingerprint density at radius 1 is 1.03 bits per heavy atom. The van der Waals surface area contributed by atoms with Gasteiger partial charge in [0.2, 0.25) is 0 Å². The van der Waals surface area contributed by atoms with E-state index < -0.39 is 0 Å². The number of aryl methyl sites for hydroxylation is 1. The molecular weight excluding hydrogens is 398 g/mol. The van der Waals surface area contributed by atoms with E-state index >= 15 is 0 Å². The van der Waals surface area contributed by atoms with Crippen LogP contribution in [0, 0.1) is 23.2 Å². The van der Waals surface area contributed by atoms with Gasteiger partial charge in [0.25, 0.3) is 5.91 Å². The van der Waals surface area contributed by atoms with Gasteiger partial charge in [0.05, 0.1) is 0 Å².